The number of nitrogens with two attached hydrogens (primary N) is 1. The molecule has 7 heteroatoms. The Kier molecular flexibility index (Phi) is 10.7. The summed E-state index contributed by atoms with van der Waals surface area (Å²) in [6, 6.07) is 10.3. The first-order chi connectivity index (χ1) is 12.5. The maximum atomic E-state index is 9.32. The normalized spacial score (nSPS) is 17.1. The van der Waals surface area contributed by atoms with Crippen LogP contribution < -0.4 is 5.73 Å². The Morgan fingerprint density at radius 2 is 1.89 bits per heavy atom. The second kappa shape index (κ2) is 12.2. The van der Waals surface area contributed by atoms with Crippen LogP contribution in [-0.2, 0) is 32.7 Å². The first-order valence-electron chi connectivity index (χ1n) is 8.79. The van der Waals surface area contributed by atoms with Gasteiger partial charge in [-0.25, -0.2) is 0 Å². The van der Waals surface area contributed by atoms with Crippen LogP contribution >= 0.6 is 0 Å². The molecule has 0 spiro atoms. The Bertz CT molecular complexity index is 724. The fourth-order valence-corrected chi connectivity index (χ4v) is 2.88. The quantitative estimate of drug-likeness (QED) is 0.483. The average molecular weight is 441 g/mol. The molecule has 0 saturated carbocycles. The minimum absolute atomic E-state index is 0. The zero-order valence-corrected chi connectivity index (χ0v) is 18.6. The van der Waals surface area contributed by atoms with Crippen LogP contribution in [0.1, 0.15) is 30.4 Å². The molecular weight excluding hydrogens is 415 g/mol. The Morgan fingerprint density at radius 3 is 2.37 bits per heavy atom. The summed E-state index contributed by atoms with van der Waals surface area (Å²) in [4.78, 5) is 0. The van der Waals surface area contributed by atoms with Crippen molar-refractivity contribution < 1.29 is 37.9 Å². The van der Waals surface area contributed by atoms with Gasteiger partial charge in [0.25, 0.3) is 0 Å². The Balaban J connectivity index is 0.000000310. The largest absolute Gasteiger partial charge is 0.658 e. The third kappa shape index (κ3) is 7.29. The van der Waals surface area contributed by atoms with E-state index in [1.54, 1.807) is 0 Å². The molecule has 141 valence electrons. The second-order valence-electron chi connectivity index (χ2n) is 6.46. The van der Waals surface area contributed by atoms with Gasteiger partial charge < -0.3 is 21.7 Å². The Hall–Kier alpha value is -1.36. The summed E-state index contributed by atoms with van der Waals surface area (Å²) >= 11 is 0. The number of allylic oxidation sites excluding steroid dienone is 1. The molecule has 1 aromatic carbocycles. The molecular formula is C20H26N5OY-. The number of piperidine rings is 1. The molecule has 1 aromatic rings. The van der Waals surface area contributed by atoms with Gasteiger partial charge in [-0.15, -0.1) is 13.1 Å². The van der Waals surface area contributed by atoms with Gasteiger partial charge in [-0.2, -0.15) is 10.3 Å². The molecule has 1 saturated heterocycles. The zero-order chi connectivity index (χ0) is 18.9. The van der Waals surface area contributed by atoms with Crippen LogP contribution in [0.2, 0.25) is 0 Å². The van der Waals surface area contributed by atoms with E-state index in [0.29, 0.717) is 19.6 Å². The summed E-state index contributed by atoms with van der Waals surface area (Å²) in [7, 11) is 0. The number of hydrogen-bond donors (Lipinski definition) is 3. The van der Waals surface area contributed by atoms with Gasteiger partial charge in [0.05, 0.1) is 11.6 Å². The zero-order valence-electron chi connectivity index (χ0n) is 15.8. The number of rotatable bonds is 2. The van der Waals surface area contributed by atoms with Gasteiger partial charge in [-0.05, 0) is 42.9 Å². The van der Waals surface area contributed by atoms with Gasteiger partial charge in [0.15, 0.2) is 0 Å². The van der Waals surface area contributed by atoms with Crippen molar-refractivity contribution in [1.82, 2.24) is 5.06 Å². The van der Waals surface area contributed by atoms with Gasteiger partial charge >= 0.3 is 0 Å². The molecule has 2 aliphatic heterocycles. The van der Waals surface area contributed by atoms with E-state index in [2.05, 4.69) is 11.4 Å². The molecule has 2 aliphatic rings. The van der Waals surface area contributed by atoms with Crippen molar-refractivity contribution in [3.8, 4) is 6.07 Å². The molecule has 6 nitrogen and oxygen atoms in total. The van der Waals surface area contributed by atoms with E-state index in [1.807, 2.05) is 31.2 Å². The number of hydroxylamine groups is 2. The van der Waals surface area contributed by atoms with E-state index >= 15 is 0 Å². The van der Waals surface area contributed by atoms with E-state index in [4.69, 9.17) is 11.1 Å². The Morgan fingerprint density at radius 1 is 1.26 bits per heavy atom. The minimum atomic E-state index is 0. The summed E-state index contributed by atoms with van der Waals surface area (Å²) in [5.74, 6) is 0. The fraction of sp³-hybridized carbons (Fsp3) is 0.400. The monoisotopic (exact) mass is 441 g/mol. The average Bonchev–Trinajstić information content (AvgIpc) is 2.66. The van der Waals surface area contributed by atoms with E-state index in [9.17, 15) is 10.5 Å². The summed E-state index contributed by atoms with van der Waals surface area (Å²) in [6.45, 7) is 4.73. The predicted octanol–water partition coefficient (Wildman–Crippen LogP) is 3.38. The first kappa shape index (κ1) is 23.7. The molecule has 3 rings (SSSR count). The number of benzene rings is 1. The molecule has 0 atom stereocenters. The van der Waals surface area contributed by atoms with Gasteiger partial charge in [-0.1, -0.05) is 29.8 Å². The van der Waals surface area contributed by atoms with Crippen LogP contribution in [0.5, 0.6) is 0 Å². The van der Waals surface area contributed by atoms with E-state index in [0.717, 1.165) is 53.8 Å². The molecule has 4 N–H and O–H groups in total. The number of nitrogens with zero attached hydrogens (tertiary/aromatic N) is 3. The van der Waals surface area contributed by atoms with Crippen molar-refractivity contribution in [1.29, 1.82) is 10.7 Å². The van der Waals surface area contributed by atoms with Crippen LogP contribution in [0.3, 0.4) is 0 Å². The van der Waals surface area contributed by atoms with E-state index in [1.165, 1.54) is 16.8 Å². The van der Waals surface area contributed by atoms with Gasteiger partial charge in [0, 0.05) is 57.7 Å². The van der Waals surface area contributed by atoms with Crippen molar-refractivity contribution in [2.24, 2.45) is 5.73 Å². The van der Waals surface area contributed by atoms with E-state index in [-0.39, 0.29) is 32.7 Å². The second-order valence-corrected chi connectivity index (χ2v) is 6.46. The smallest absolute Gasteiger partial charge is 0.0997 e. The van der Waals surface area contributed by atoms with Gasteiger partial charge in [-0.3, -0.25) is 0 Å². The molecule has 0 unspecified atom stereocenters. The SMILES string of the molecule is Cc1ccc(C(C#N)=C2CCN(O)CC2)cc1.N=CC1=C(N)CC[N-]C1.[Y]. The molecule has 0 amide bonds. The number of hydrogen-bond acceptors (Lipinski definition) is 5. The molecule has 0 aromatic heterocycles. The van der Waals surface area contributed by atoms with Crippen molar-refractivity contribution in [3.63, 3.8) is 0 Å². The van der Waals surface area contributed by atoms with Crippen LogP contribution in [0.15, 0.2) is 41.1 Å². The van der Waals surface area contributed by atoms with Crippen LogP contribution in [0, 0.1) is 23.7 Å². The van der Waals surface area contributed by atoms with Crippen LogP contribution in [0.4, 0.5) is 0 Å². The summed E-state index contributed by atoms with van der Waals surface area (Å²) < 4.78 is 0. The summed E-state index contributed by atoms with van der Waals surface area (Å²) in [5.41, 5.74) is 11.4. The topological polar surface area (TPSA) is 111 Å². The van der Waals surface area contributed by atoms with E-state index < -0.39 is 0 Å². The number of nitriles is 1. The first-order valence-corrected chi connectivity index (χ1v) is 8.79. The maximum Gasteiger partial charge on any atom is 0.0997 e. The van der Waals surface area contributed by atoms with Crippen LogP contribution in [0.25, 0.3) is 10.9 Å². The molecule has 27 heavy (non-hydrogen) atoms. The Labute approximate surface area is 186 Å². The molecule has 2 heterocycles. The van der Waals surface area contributed by atoms with Gasteiger partial charge in [0.1, 0.15) is 0 Å². The van der Waals surface area contributed by atoms with Crippen molar-refractivity contribution in [2.45, 2.75) is 26.2 Å². The summed E-state index contributed by atoms with van der Waals surface area (Å²) in [6.07, 6.45) is 3.66. The van der Waals surface area contributed by atoms with Crippen molar-refractivity contribution >= 4 is 11.8 Å². The minimum Gasteiger partial charge on any atom is -0.658 e. The molecule has 0 aliphatic carbocycles. The standard InChI is InChI=1S/C14H16N2O.C6H10N3.Y/c1-11-2-4-12(5-3-11)14(10-15)13-6-8-16(17)9-7-13;7-3-5-4-9-2-1-6(5)8;/h2-5,17H,6-9H2,1H3;3,7H,1-2,4,8H2;/q;-1;. The fourth-order valence-electron chi connectivity index (χ4n) is 2.88. The predicted molar refractivity (Wildman–Crippen MR) is 104 cm³/mol. The summed E-state index contributed by atoms with van der Waals surface area (Å²) in [5, 5.41) is 30.9. The molecule has 0 bridgehead atoms. The molecule has 1 fully saturated rings. The molecule has 1 radical (unpaired) electrons. The van der Waals surface area contributed by atoms with Crippen molar-refractivity contribution in [3.05, 3.63) is 57.6 Å². The van der Waals surface area contributed by atoms with Gasteiger partial charge in [0.2, 0.25) is 0 Å². The van der Waals surface area contributed by atoms with Crippen molar-refractivity contribution in [2.75, 3.05) is 26.2 Å². The third-order valence-electron chi connectivity index (χ3n) is 4.56. The van der Waals surface area contributed by atoms with Crippen LogP contribution in [-0.4, -0.2) is 42.7 Å². The maximum absolute atomic E-state index is 9.32. The third-order valence-corrected chi connectivity index (χ3v) is 4.56. The number of aryl methyl sites for hydroxylation is 1. The number of nitrogens with one attached hydrogen (secondary N) is 1.